The number of urea groups is 1. The summed E-state index contributed by atoms with van der Waals surface area (Å²) in [6.07, 6.45) is 2.95. The molecule has 0 bridgehead atoms. The smallest absolute Gasteiger partial charge is 0.317 e. The third-order valence-corrected chi connectivity index (χ3v) is 6.07. The monoisotopic (exact) mass is 356 g/mol. The molecule has 0 fully saturated rings. The summed E-state index contributed by atoms with van der Waals surface area (Å²) in [6, 6.07) is 11.1. The highest BCUT2D eigenvalue weighted by atomic mass is 32.2. The summed E-state index contributed by atoms with van der Waals surface area (Å²) in [7, 11) is 1.87. The number of hydrogen-bond acceptors (Lipinski definition) is 2. The van der Waals surface area contributed by atoms with E-state index in [-0.39, 0.29) is 10.8 Å². The molecule has 1 aliphatic rings. The van der Waals surface area contributed by atoms with Gasteiger partial charge in [-0.05, 0) is 47.2 Å². The summed E-state index contributed by atoms with van der Waals surface area (Å²) in [5.41, 5.74) is 2.84. The Morgan fingerprint density at radius 2 is 2.08 bits per heavy atom. The lowest BCUT2D eigenvalue weighted by atomic mass is 9.92. The van der Waals surface area contributed by atoms with Gasteiger partial charge in [-0.15, -0.1) is 11.8 Å². The van der Waals surface area contributed by atoms with E-state index in [9.17, 15) is 4.79 Å². The molecule has 2 aromatic carbocycles. The van der Waals surface area contributed by atoms with Crippen LogP contribution in [0.15, 0.2) is 35.2 Å². The molecule has 3 rings (SSSR count). The van der Waals surface area contributed by atoms with E-state index in [0.717, 1.165) is 32.4 Å². The Morgan fingerprint density at radius 1 is 1.28 bits per heavy atom. The van der Waals surface area contributed by atoms with Gasteiger partial charge in [0.1, 0.15) is 0 Å². The second-order valence-corrected chi connectivity index (χ2v) is 9.25. The van der Waals surface area contributed by atoms with Gasteiger partial charge >= 0.3 is 6.03 Å². The highest BCUT2D eigenvalue weighted by Gasteiger charge is 2.31. The van der Waals surface area contributed by atoms with Crippen LogP contribution in [0.25, 0.3) is 10.8 Å². The molecule has 2 aromatic rings. The van der Waals surface area contributed by atoms with Crippen LogP contribution in [-0.2, 0) is 12.8 Å². The summed E-state index contributed by atoms with van der Waals surface area (Å²) in [4.78, 5) is 15.3. The number of hydrogen-bond donors (Lipinski definition) is 1. The largest absolute Gasteiger partial charge is 0.338 e. The van der Waals surface area contributed by atoms with Gasteiger partial charge in [0.05, 0.1) is 0 Å². The lowest BCUT2D eigenvalue weighted by Gasteiger charge is -2.19. The van der Waals surface area contributed by atoms with E-state index in [1.54, 1.807) is 4.90 Å². The summed E-state index contributed by atoms with van der Waals surface area (Å²) in [6.45, 7) is 8.17. The van der Waals surface area contributed by atoms with Gasteiger partial charge in [-0.1, -0.05) is 45.0 Å². The standard InChI is InChI=1S/C21H28N2OS/c1-5-12-22-20(24)23(4)13-11-16-8-6-7-15-9-10-18-17(19(15)16)14-21(2,3)25-18/h6-10H,5,11-14H2,1-4H3,(H,22,24). The van der Waals surface area contributed by atoms with Gasteiger partial charge in [0.15, 0.2) is 0 Å². The minimum atomic E-state index is 0.0176. The molecular formula is C21H28N2OS. The number of fused-ring (bicyclic) bond motifs is 3. The Labute approximate surface area is 155 Å². The third-order valence-electron chi connectivity index (χ3n) is 4.77. The van der Waals surface area contributed by atoms with Gasteiger partial charge in [-0.25, -0.2) is 4.79 Å². The third kappa shape index (κ3) is 3.95. The summed E-state index contributed by atoms with van der Waals surface area (Å²) in [5, 5.41) is 5.66. The molecule has 0 spiro atoms. The van der Waals surface area contributed by atoms with Crippen molar-refractivity contribution in [3.8, 4) is 0 Å². The number of nitrogens with one attached hydrogen (secondary N) is 1. The molecule has 1 N–H and O–H groups in total. The van der Waals surface area contributed by atoms with Crippen LogP contribution in [0.5, 0.6) is 0 Å². The van der Waals surface area contributed by atoms with Crippen molar-refractivity contribution in [3.63, 3.8) is 0 Å². The number of carbonyl (C=O) groups excluding carboxylic acids is 1. The van der Waals surface area contributed by atoms with E-state index < -0.39 is 0 Å². The van der Waals surface area contributed by atoms with E-state index in [4.69, 9.17) is 0 Å². The average Bonchev–Trinajstić information content (AvgIpc) is 2.91. The van der Waals surface area contributed by atoms with E-state index in [2.05, 4.69) is 56.4 Å². The molecule has 0 saturated heterocycles. The Kier molecular flexibility index (Phi) is 5.28. The first-order valence-corrected chi connectivity index (χ1v) is 9.94. The van der Waals surface area contributed by atoms with Crippen molar-refractivity contribution in [1.29, 1.82) is 0 Å². The number of thioether (sulfide) groups is 1. The van der Waals surface area contributed by atoms with Crippen LogP contribution in [0, 0.1) is 0 Å². The van der Waals surface area contributed by atoms with Crippen LogP contribution in [-0.4, -0.2) is 35.8 Å². The van der Waals surface area contributed by atoms with E-state index >= 15 is 0 Å². The maximum Gasteiger partial charge on any atom is 0.317 e. The Bertz CT molecular complexity index is 785. The molecule has 3 nitrogen and oxygen atoms in total. The van der Waals surface area contributed by atoms with Crippen molar-refractivity contribution in [2.45, 2.75) is 49.7 Å². The maximum absolute atomic E-state index is 12.1. The van der Waals surface area contributed by atoms with Crippen molar-refractivity contribution in [1.82, 2.24) is 10.2 Å². The fraction of sp³-hybridized carbons (Fsp3) is 0.476. The molecule has 1 heterocycles. The van der Waals surface area contributed by atoms with Gasteiger partial charge in [0.25, 0.3) is 0 Å². The van der Waals surface area contributed by atoms with Gasteiger partial charge in [-0.2, -0.15) is 0 Å². The summed E-state index contributed by atoms with van der Waals surface area (Å²) < 4.78 is 0.264. The van der Waals surface area contributed by atoms with Crippen molar-refractivity contribution in [2.24, 2.45) is 0 Å². The van der Waals surface area contributed by atoms with E-state index in [1.165, 1.54) is 26.8 Å². The molecule has 0 aromatic heterocycles. The molecule has 0 aliphatic carbocycles. The minimum absolute atomic E-state index is 0.0176. The Hall–Kier alpha value is -1.68. The van der Waals surface area contributed by atoms with E-state index in [0.29, 0.717) is 0 Å². The van der Waals surface area contributed by atoms with Crippen LogP contribution in [0.3, 0.4) is 0 Å². The van der Waals surface area contributed by atoms with Crippen LogP contribution in [0.1, 0.15) is 38.3 Å². The number of amides is 2. The molecular weight excluding hydrogens is 328 g/mol. The zero-order valence-electron chi connectivity index (χ0n) is 15.7. The molecule has 1 aliphatic heterocycles. The molecule has 0 radical (unpaired) electrons. The summed E-state index contributed by atoms with van der Waals surface area (Å²) >= 11 is 1.98. The minimum Gasteiger partial charge on any atom is -0.338 e. The quantitative estimate of drug-likeness (QED) is 0.830. The van der Waals surface area contributed by atoms with E-state index in [1.807, 2.05) is 18.8 Å². The van der Waals surface area contributed by atoms with Crippen LogP contribution in [0.4, 0.5) is 4.79 Å². The van der Waals surface area contributed by atoms with Gasteiger partial charge in [-0.3, -0.25) is 0 Å². The predicted molar refractivity (Wildman–Crippen MR) is 108 cm³/mol. The van der Waals surface area contributed by atoms with Crippen LogP contribution in [0.2, 0.25) is 0 Å². The first-order chi connectivity index (χ1) is 11.9. The predicted octanol–water partition coefficient (Wildman–Crippen LogP) is 4.86. The molecule has 25 heavy (non-hydrogen) atoms. The number of benzene rings is 2. The van der Waals surface area contributed by atoms with Gasteiger partial charge < -0.3 is 10.2 Å². The maximum atomic E-state index is 12.1. The first kappa shape index (κ1) is 18.1. The lowest BCUT2D eigenvalue weighted by Crippen LogP contribution is -2.38. The molecule has 2 amide bonds. The molecule has 134 valence electrons. The SMILES string of the molecule is CCCNC(=O)N(C)CCc1cccc2ccc3c(c12)CC(C)(C)S3. The molecule has 0 unspecified atom stereocenters. The fourth-order valence-electron chi connectivity index (χ4n) is 3.51. The lowest BCUT2D eigenvalue weighted by molar-refractivity contribution is 0.209. The average molecular weight is 357 g/mol. The topological polar surface area (TPSA) is 32.3 Å². The Morgan fingerprint density at radius 3 is 2.84 bits per heavy atom. The van der Waals surface area contributed by atoms with Crippen LogP contribution < -0.4 is 5.32 Å². The number of likely N-dealkylation sites (N-methyl/N-ethyl adjacent to an activating group) is 1. The highest BCUT2D eigenvalue weighted by Crippen LogP contribution is 2.47. The van der Waals surface area contributed by atoms with Crippen molar-refractivity contribution in [3.05, 3.63) is 41.5 Å². The van der Waals surface area contributed by atoms with Crippen molar-refractivity contribution >= 4 is 28.6 Å². The number of nitrogens with zero attached hydrogens (tertiary/aromatic N) is 1. The molecule has 4 heteroatoms. The first-order valence-electron chi connectivity index (χ1n) is 9.13. The fourth-order valence-corrected chi connectivity index (χ4v) is 4.76. The van der Waals surface area contributed by atoms with Gasteiger partial charge in [0, 0.05) is 29.8 Å². The highest BCUT2D eigenvalue weighted by molar-refractivity contribution is 8.01. The second-order valence-electron chi connectivity index (χ2n) is 7.50. The number of carbonyl (C=O) groups is 1. The van der Waals surface area contributed by atoms with Gasteiger partial charge in [0.2, 0.25) is 0 Å². The zero-order chi connectivity index (χ0) is 18.0. The van der Waals surface area contributed by atoms with Crippen molar-refractivity contribution < 1.29 is 4.79 Å². The van der Waals surface area contributed by atoms with Crippen LogP contribution >= 0.6 is 11.8 Å². The Balaban J connectivity index is 1.83. The number of rotatable bonds is 5. The van der Waals surface area contributed by atoms with Crippen molar-refractivity contribution in [2.75, 3.05) is 20.1 Å². The summed E-state index contributed by atoms with van der Waals surface area (Å²) in [5.74, 6) is 0. The molecule has 0 atom stereocenters. The second kappa shape index (κ2) is 7.28. The normalized spacial score (nSPS) is 15.2. The molecule has 0 saturated carbocycles. The zero-order valence-corrected chi connectivity index (χ0v) is 16.5.